The number of fused-ring (bicyclic) bond motifs is 1. The van der Waals surface area contributed by atoms with Gasteiger partial charge in [-0.2, -0.15) is 0 Å². The maximum atomic E-state index is 14.1. The minimum atomic E-state index is -0.575. The zero-order valence-corrected chi connectivity index (χ0v) is 21.2. The SMILES string of the molecule is CC(=O)O[C@H]1C[C@H](Nc2nc3c(nc2N2CCN(Cc4ccc(F)cc4F)CC2)CCN(C(C)=O)C3)C1. The second-order valence-electron chi connectivity index (χ2n) is 10.0. The third-order valence-corrected chi connectivity index (χ3v) is 7.29. The Morgan fingerprint density at radius 1 is 1.05 bits per heavy atom. The lowest BCUT2D eigenvalue weighted by Crippen LogP contribution is -2.47. The number of rotatable bonds is 6. The number of carbonyl (C=O) groups excluding carboxylic acids is 2. The Morgan fingerprint density at radius 3 is 2.49 bits per heavy atom. The van der Waals surface area contributed by atoms with Crippen LogP contribution in [0.4, 0.5) is 20.4 Å². The third kappa shape index (κ3) is 5.82. The summed E-state index contributed by atoms with van der Waals surface area (Å²) in [6.07, 6.45) is 1.97. The largest absolute Gasteiger partial charge is 0.462 e. The van der Waals surface area contributed by atoms with Crippen molar-refractivity contribution in [2.24, 2.45) is 0 Å². The van der Waals surface area contributed by atoms with Gasteiger partial charge in [0.1, 0.15) is 17.7 Å². The standard InChI is InChI=1S/C26H32F2N6O3/c1-16(35)34-6-5-23-24(15-34)30-25(29-20-12-21(13-20)37-17(2)36)26(31-23)33-9-7-32(8-10-33)14-18-3-4-19(27)11-22(18)28/h3-4,11,20-21H,5-10,12-15H2,1-2H3,(H,29,30)/t20-,21-. The number of nitrogens with one attached hydrogen (secondary N) is 1. The topological polar surface area (TPSA) is 90.9 Å². The summed E-state index contributed by atoms with van der Waals surface area (Å²) in [5.74, 6) is 0.0891. The van der Waals surface area contributed by atoms with E-state index in [9.17, 15) is 18.4 Å². The molecule has 1 saturated carbocycles. The molecule has 2 aromatic rings. The molecule has 1 aromatic heterocycles. The quantitative estimate of drug-likeness (QED) is 0.588. The molecular formula is C26H32F2N6O3. The lowest BCUT2D eigenvalue weighted by Gasteiger charge is -2.39. The highest BCUT2D eigenvalue weighted by molar-refractivity contribution is 5.73. The number of hydrogen-bond acceptors (Lipinski definition) is 8. The van der Waals surface area contributed by atoms with Gasteiger partial charge in [0.25, 0.3) is 0 Å². The number of hydrogen-bond donors (Lipinski definition) is 1. The zero-order chi connectivity index (χ0) is 26.1. The van der Waals surface area contributed by atoms with Crippen molar-refractivity contribution in [3.63, 3.8) is 0 Å². The third-order valence-electron chi connectivity index (χ3n) is 7.29. The van der Waals surface area contributed by atoms with E-state index in [0.717, 1.165) is 23.3 Å². The van der Waals surface area contributed by atoms with Gasteiger partial charge in [-0.1, -0.05) is 6.07 Å². The molecule has 3 aliphatic rings. The number of halogens is 2. The maximum absolute atomic E-state index is 14.1. The van der Waals surface area contributed by atoms with Gasteiger partial charge in [0.15, 0.2) is 11.6 Å². The Hall–Kier alpha value is -3.34. The number of benzene rings is 1. The van der Waals surface area contributed by atoms with Gasteiger partial charge < -0.3 is 19.9 Å². The Morgan fingerprint density at radius 2 is 1.81 bits per heavy atom. The highest BCUT2D eigenvalue weighted by Crippen LogP contribution is 2.32. The molecule has 2 fully saturated rings. The lowest BCUT2D eigenvalue weighted by molar-refractivity contribution is -0.150. The smallest absolute Gasteiger partial charge is 0.302 e. The summed E-state index contributed by atoms with van der Waals surface area (Å²) in [7, 11) is 0. The molecule has 1 aliphatic carbocycles. The van der Waals surface area contributed by atoms with Gasteiger partial charge in [-0.15, -0.1) is 0 Å². The van der Waals surface area contributed by atoms with Crippen LogP contribution >= 0.6 is 0 Å². The molecule has 0 atom stereocenters. The summed E-state index contributed by atoms with van der Waals surface area (Å²) in [5.41, 5.74) is 2.18. The molecule has 5 rings (SSSR count). The summed E-state index contributed by atoms with van der Waals surface area (Å²) in [6.45, 7) is 7.22. The molecule has 1 amide bonds. The van der Waals surface area contributed by atoms with Crippen LogP contribution in [0.1, 0.15) is 43.6 Å². The van der Waals surface area contributed by atoms with Gasteiger partial charge in [0.05, 0.1) is 17.9 Å². The van der Waals surface area contributed by atoms with Gasteiger partial charge in [0, 0.05) is 90.1 Å². The molecule has 1 N–H and O–H groups in total. The van der Waals surface area contributed by atoms with Gasteiger partial charge in [0.2, 0.25) is 5.91 Å². The van der Waals surface area contributed by atoms with E-state index in [0.29, 0.717) is 76.5 Å². The molecule has 11 heteroatoms. The summed E-state index contributed by atoms with van der Waals surface area (Å²) >= 11 is 0. The van der Waals surface area contributed by atoms with Crippen LogP contribution in [0.3, 0.4) is 0 Å². The Labute approximate surface area is 214 Å². The second kappa shape index (κ2) is 10.6. The molecule has 1 saturated heterocycles. The normalized spacial score (nSPS) is 21.7. The molecule has 0 unspecified atom stereocenters. The first-order valence-electron chi connectivity index (χ1n) is 12.8. The van der Waals surface area contributed by atoms with Crippen molar-refractivity contribution in [3.05, 3.63) is 46.8 Å². The molecule has 1 aromatic carbocycles. The fourth-order valence-corrected chi connectivity index (χ4v) is 5.12. The highest BCUT2D eigenvalue weighted by atomic mass is 19.1. The van der Waals surface area contributed by atoms with E-state index in [-0.39, 0.29) is 24.0 Å². The summed E-state index contributed by atoms with van der Waals surface area (Å²) in [4.78, 5) is 39.2. The number of anilines is 2. The van der Waals surface area contributed by atoms with E-state index in [2.05, 4.69) is 15.1 Å². The fourth-order valence-electron chi connectivity index (χ4n) is 5.12. The van der Waals surface area contributed by atoms with E-state index in [1.54, 1.807) is 11.8 Å². The first-order chi connectivity index (χ1) is 17.7. The number of ether oxygens (including phenoxy) is 1. The van der Waals surface area contributed by atoms with Crippen LogP contribution in [0, 0.1) is 11.6 Å². The van der Waals surface area contributed by atoms with Crippen molar-refractivity contribution in [2.45, 2.75) is 58.3 Å². The van der Waals surface area contributed by atoms with Crippen LogP contribution in [-0.4, -0.2) is 76.5 Å². The molecule has 198 valence electrons. The van der Waals surface area contributed by atoms with Crippen molar-refractivity contribution < 1.29 is 23.1 Å². The molecule has 37 heavy (non-hydrogen) atoms. The molecule has 9 nitrogen and oxygen atoms in total. The minimum absolute atomic E-state index is 0.0166. The van der Waals surface area contributed by atoms with Crippen molar-refractivity contribution in [1.29, 1.82) is 0 Å². The number of piperazine rings is 1. The van der Waals surface area contributed by atoms with Gasteiger partial charge in [-0.05, 0) is 6.07 Å². The van der Waals surface area contributed by atoms with Crippen molar-refractivity contribution in [2.75, 3.05) is 42.9 Å². The number of amides is 1. The molecule has 0 radical (unpaired) electrons. The fraction of sp³-hybridized carbons (Fsp3) is 0.538. The minimum Gasteiger partial charge on any atom is -0.462 e. The van der Waals surface area contributed by atoms with E-state index in [4.69, 9.17) is 14.7 Å². The monoisotopic (exact) mass is 514 g/mol. The van der Waals surface area contributed by atoms with E-state index < -0.39 is 11.6 Å². The maximum Gasteiger partial charge on any atom is 0.302 e. The number of aromatic nitrogens is 2. The first kappa shape index (κ1) is 25.3. The van der Waals surface area contributed by atoms with Gasteiger partial charge in [-0.25, -0.2) is 18.7 Å². The van der Waals surface area contributed by atoms with Crippen molar-refractivity contribution >= 4 is 23.5 Å². The van der Waals surface area contributed by atoms with Gasteiger partial charge >= 0.3 is 5.97 Å². The Kier molecular flexibility index (Phi) is 7.23. The number of nitrogens with zero attached hydrogens (tertiary/aromatic N) is 5. The van der Waals surface area contributed by atoms with E-state index in [1.807, 2.05) is 0 Å². The van der Waals surface area contributed by atoms with Crippen LogP contribution < -0.4 is 10.2 Å². The predicted octanol–water partition coefficient (Wildman–Crippen LogP) is 2.49. The average molecular weight is 515 g/mol. The van der Waals surface area contributed by atoms with E-state index >= 15 is 0 Å². The summed E-state index contributed by atoms with van der Waals surface area (Å²) < 4.78 is 32.7. The molecule has 2 aliphatic heterocycles. The van der Waals surface area contributed by atoms with Crippen LogP contribution in [0.2, 0.25) is 0 Å². The van der Waals surface area contributed by atoms with Crippen LogP contribution in [0.5, 0.6) is 0 Å². The number of esters is 1. The highest BCUT2D eigenvalue weighted by Gasteiger charge is 2.34. The molecule has 3 heterocycles. The molecular weight excluding hydrogens is 482 g/mol. The van der Waals surface area contributed by atoms with Crippen LogP contribution in [0.25, 0.3) is 0 Å². The van der Waals surface area contributed by atoms with Crippen molar-refractivity contribution in [3.8, 4) is 0 Å². The van der Waals surface area contributed by atoms with Crippen molar-refractivity contribution in [1.82, 2.24) is 19.8 Å². The average Bonchev–Trinajstić information content (AvgIpc) is 2.84. The Balaban J connectivity index is 1.30. The summed E-state index contributed by atoms with van der Waals surface area (Å²) in [5, 5.41) is 3.50. The zero-order valence-electron chi connectivity index (χ0n) is 21.2. The Bertz CT molecular complexity index is 1180. The predicted molar refractivity (Wildman–Crippen MR) is 133 cm³/mol. The molecule has 0 spiro atoms. The first-order valence-corrected chi connectivity index (χ1v) is 12.8. The van der Waals surface area contributed by atoms with E-state index in [1.165, 1.54) is 19.1 Å². The van der Waals surface area contributed by atoms with Crippen LogP contribution in [-0.2, 0) is 33.8 Å². The lowest BCUT2D eigenvalue weighted by atomic mass is 9.89. The van der Waals surface area contributed by atoms with Gasteiger partial charge in [-0.3, -0.25) is 14.5 Å². The summed E-state index contributed by atoms with van der Waals surface area (Å²) in [6, 6.07) is 3.83. The van der Waals surface area contributed by atoms with Crippen LogP contribution in [0.15, 0.2) is 18.2 Å². The second-order valence-corrected chi connectivity index (χ2v) is 10.0. The number of carbonyl (C=O) groups is 2. The molecule has 0 bridgehead atoms.